The van der Waals surface area contributed by atoms with Crippen LogP contribution in [0.25, 0.3) is 0 Å². The molecule has 36 heavy (non-hydrogen) atoms. The summed E-state index contributed by atoms with van der Waals surface area (Å²) in [6.07, 6.45) is 10.6. The molecule has 5 heteroatoms. The molecule has 2 aromatic rings. The summed E-state index contributed by atoms with van der Waals surface area (Å²) < 4.78 is 5.63. The minimum atomic E-state index is 0.158. The van der Waals surface area contributed by atoms with Gasteiger partial charge in [0.15, 0.2) is 0 Å². The number of nitrogens with zero attached hydrogens (tertiary/aromatic N) is 3. The zero-order chi connectivity index (χ0) is 24.6. The minimum Gasteiger partial charge on any atom is -0.497 e. The number of piperazine rings is 1. The summed E-state index contributed by atoms with van der Waals surface area (Å²) in [6, 6.07) is 19.6. The van der Waals surface area contributed by atoms with Gasteiger partial charge in [0.05, 0.1) is 13.2 Å². The molecule has 1 amide bonds. The summed E-state index contributed by atoms with van der Waals surface area (Å²) in [7, 11) is 1.74. The molecule has 0 saturated carbocycles. The number of hydrogen-bond donors (Lipinski definition) is 0. The van der Waals surface area contributed by atoms with E-state index in [-0.39, 0.29) is 11.9 Å². The number of methoxy groups -OCH3 is 1. The van der Waals surface area contributed by atoms with Gasteiger partial charge in [0.1, 0.15) is 5.75 Å². The molecule has 0 aliphatic carbocycles. The fourth-order valence-electron chi connectivity index (χ4n) is 7.65. The zero-order valence-electron chi connectivity index (χ0n) is 21.5. The third kappa shape index (κ3) is 4.06. The summed E-state index contributed by atoms with van der Waals surface area (Å²) in [6.45, 7) is 6.81. The molecular formula is C31H39N3O2. The number of benzene rings is 2. The number of fused-ring (bicyclic) bond motifs is 2. The van der Waals surface area contributed by atoms with E-state index < -0.39 is 0 Å². The van der Waals surface area contributed by atoms with Crippen LogP contribution < -0.4 is 4.74 Å². The molecule has 5 atom stereocenters. The van der Waals surface area contributed by atoms with E-state index in [9.17, 15) is 4.79 Å². The van der Waals surface area contributed by atoms with Crippen LogP contribution in [0.5, 0.6) is 5.75 Å². The van der Waals surface area contributed by atoms with E-state index >= 15 is 0 Å². The first-order valence-electron chi connectivity index (χ1n) is 13.9. The fourth-order valence-corrected chi connectivity index (χ4v) is 7.65. The van der Waals surface area contributed by atoms with Gasteiger partial charge >= 0.3 is 0 Å². The van der Waals surface area contributed by atoms with Gasteiger partial charge in [0.25, 0.3) is 5.91 Å². The highest BCUT2D eigenvalue weighted by Gasteiger charge is 2.56. The van der Waals surface area contributed by atoms with Crippen molar-refractivity contribution in [3.8, 4) is 5.75 Å². The number of amides is 1. The van der Waals surface area contributed by atoms with Crippen LogP contribution in [0.2, 0.25) is 0 Å². The Morgan fingerprint density at radius 3 is 2.25 bits per heavy atom. The topological polar surface area (TPSA) is 36.0 Å². The first kappa shape index (κ1) is 23.7. The van der Waals surface area contributed by atoms with Crippen molar-refractivity contribution in [2.24, 2.45) is 0 Å². The van der Waals surface area contributed by atoms with Gasteiger partial charge in [0.2, 0.25) is 0 Å². The Bertz CT molecular complexity index is 1070. The second-order valence-corrected chi connectivity index (χ2v) is 11.0. The molecule has 6 heterocycles. The van der Waals surface area contributed by atoms with Crippen LogP contribution in [-0.4, -0.2) is 71.5 Å². The van der Waals surface area contributed by atoms with Crippen LogP contribution in [0.1, 0.15) is 72.5 Å². The van der Waals surface area contributed by atoms with E-state index in [2.05, 4.69) is 64.9 Å². The number of carbonyl (C=O) groups is 1. The normalized spacial score (nSPS) is 28.8. The highest BCUT2D eigenvalue weighted by Crippen LogP contribution is 2.50. The predicted octanol–water partition coefficient (Wildman–Crippen LogP) is 5.28. The van der Waals surface area contributed by atoms with Gasteiger partial charge < -0.3 is 9.64 Å². The van der Waals surface area contributed by atoms with Gasteiger partial charge in [0, 0.05) is 49.4 Å². The van der Waals surface area contributed by atoms with Gasteiger partial charge in [-0.3, -0.25) is 14.6 Å². The smallest absolute Gasteiger partial charge is 0.253 e. The molecule has 6 aliphatic heterocycles. The molecule has 5 nitrogen and oxygen atoms in total. The van der Waals surface area contributed by atoms with Crippen molar-refractivity contribution >= 4 is 5.91 Å². The number of likely N-dealkylation sites (tertiary alicyclic amines) is 1. The third-order valence-corrected chi connectivity index (χ3v) is 9.19. The van der Waals surface area contributed by atoms with E-state index in [1.54, 1.807) is 7.11 Å². The monoisotopic (exact) mass is 485 g/mol. The first-order chi connectivity index (χ1) is 17.7. The lowest BCUT2D eigenvalue weighted by Crippen LogP contribution is -2.75. The molecule has 8 rings (SSSR count). The molecule has 2 aromatic carbocycles. The molecule has 4 bridgehead atoms. The molecule has 0 aromatic heterocycles. The van der Waals surface area contributed by atoms with Crippen molar-refractivity contribution in [1.29, 1.82) is 0 Å². The van der Waals surface area contributed by atoms with Gasteiger partial charge in [-0.1, -0.05) is 30.3 Å². The zero-order valence-corrected chi connectivity index (χ0v) is 21.5. The highest BCUT2D eigenvalue weighted by molar-refractivity contribution is 5.94. The quantitative estimate of drug-likeness (QED) is 0.500. The number of piperidine rings is 5. The van der Waals surface area contributed by atoms with Crippen molar-refractivity contribution in [3.05, 3.63) is 77.9 Å². The summed E-state index contributed by atoms with van der Waals surface area (Å²) in [5.74, 6) is 1.07. The number of rotatable bonds is 7. The molecule has 6 saturated heterocycles. The van der Waals surface area contributed by atoms with Gasteiger partial charge in [-0.25, -0.2) is 0 Å². The largest absolute Gasteiger partial charge is 0.497 e. The van der Waals surface area contributed by atoms with Crippen LogP contribution in [0.15, 0.2) is 61.2 Å². The summed E-state index contributed by atoms with van der Waals surface area (Å²) in [5, 5.41) is 0. The Morgan fingerprint density at radius 1 is 0.944 bits per heavy atom. The Kier molecular flexibility index (Phi) is 6.61. The van der Waals surface area contributed by atoms with Crippen molar-refractivity contribution in [3.63, 3.8) is 0 Å². The number of hydrogen-bond acceptors (Lipinski definition) is 4. The molecule has 0 N–H and O–H groups in total. The predicted molar refractivity (Wildman–Crippen MR) is 143 cm³/mol. The average molecular weight is 486 g/mol. The molecule has 190 valence electrons. The maximum atomic E-state index is 13.1. The fraction of sp³-hybridized carbons (Fsp3) is 0.516. The lowest BCUT2D eigenvalue weighted by atomic mass is 9.69. The van der Waals surface area contributed by atoms with Crippen LogP contribution in [0.4, 0.5) is 0 Å². The Balaban J connectivity index is 1.35. The standard InChI is InChI=1S/C31H39N3O2/c1-3-18-33-26-14-16-28-27(33)15-17-29(26)34(28)30(24-8-7-9-25(21-24)36-2)22-10-12-23(13-11-22)31(35)32-19-5-4-6-20-32/h3,7-13,21,26-30H,1,4-6,14-20H2,2H3/t26?,27?,28-,29?,30?/m0/s1. The Morgan fingerprint density at radius 2 is 1.61 bits per heavy atom. The molecule has 0 spiro atoms. The molecular weight excluding hydrogens is 446 g/mol. The minimum absolute atomic E-state index is 0.158. The molecule has 0 radical (unpaired) electrons. The average Bonchev–Trinajstić information content (AvgIpc) is 2.94. The third-order valence-electron chi connectivity index (χ3n) is 9.19. The van der Waals surface area contributed by atoms with Gasteiger partial charge in [-0.15, -0.1) is 6.58 Å². The van der Waals surface area contributed by atoms with E-state index in [1.165, 1.54) is 43.2 Å². The van der Waals surface area contributed by atoms with Crippen LogP contribution in [0.3, 0.4) is 0 Å². The van der Waals surface area contributed by atoms with E-state index in [0.717, 1.165) is 43.8 Å². The van der Waals surface area contributed by atoms with Crippen LogP contribution >= 0.6 is 0 Å². The highest BCUT2D eigenvalue weighted by atomic mass is 16.5. The maximum absolute atomic E-state index is 13.1. The number of ether oxygens (including phenoxy) is 1. The summed E-state index contributed by atoms with van der Waals surface area (Å²) in [5.41, 5.74) is 3.36. The van der Waals surface area contributed by atoms with Crippen molar-refractivity contribution in [1.82, 2.24) is 14.7 Å². The van der Waals surface area contributed by atoms with E-state index in [1.807, 2.05) is 11.0 Å². The Labute approximate surface area is 215 Å². The first-order valence-corrected chi connectivity index (χ1v) is 13.9. The molecule has 6 aliphatic rings. The summed E-state index contributed by atoms with van der Waals surface area (Å²) in [4.78, 5) is 20.7. The van der Waals surface area contributed by atoms with Gasteiger partial charge in [-0.2, -0.15) is 0 Å². The second-order valence-electron chi connectivity index (χ2n) is 11.0. The second kappa shape index (κ2) is 10.0. The SMILES string of the molecule is C=CCN1C2CC[C@H]3C1CCC2N3C(c1ccc(C(=O)N2CCCCC2)cc1)c1cccc(OC)c1. The maximum Gasteiger partial charge on any atom is 0.253 e. The van der Waals surface area contributed by atoms with Crippen molar-refractivity contribution in [2.45, 2.75) is 75.2 Å². The van der Waals surface area contributed by atoms with Crippen molar-refractivity contribution < 1.29 is 9.53 Å². The number of carbonyl (C=O) groups excluding carboxylic acids is 1. The van der Waals surface area contributed by atoms with Crippen LogP contribution in [0, 0.1) is 0 Å². The molecule has 6 fully saturated rings. The van der Waals surface area contributed by atoms with Crippen molar-refractivity contribution in [2.75, 3.05) is 26.7 Å². The van der Waals surface area contributed by atoms with Gasteiger partial charge in [-0.05, 0) is 80.3 Å². The lowest BCUT2D eigenvalue weighted by molar-refractivity contribution is -0.151. The Hall–Kier alpha value is -2.63. The van der Waals surface area contributed by atoms with E-state index in [4.69, 9.17) is 4.74 Å². The van der Waals surface area contributed by atoms with E-state index in [0.29, 0.717) is 24.2 Å². The van der Waals surface area contributed by atoms with Crippen LogP contribution in [-0.2, 0) is 0 Å². The lowest BCUT2D eigenvalue weighted by Gasteiger charge is -2.66. The summed E-state index contributed by atoms with van der Waals surface area (Å²) >= 11 is 0. The molecule has 4 unspecified atom stereocenters.